The molecule has 1 aromatic carbocycles. The van der Waals surface area contributed by atoms with Gasteiger partial charge in [0.2, 0.25) is 11.7 Å². The summed E-state index contributed by atoms with van der Waals surface area (Å²) >= 11 is 0. The van der Waals surface area contributed by atoms with Crippen molar-refractivity contribution >= 4 is 11.6 Å². The molecule has 1 saturated heterocycles. The summed E-state index contributed by atoms with van der Waals surface area (Å²) in [6.45, 7) is 0.348. The lowest BCUT2D eigenvalue weighted by atomic mass is 10.2. The van der Waals surface area contributed by atoms with E-state index >= 15 is 0 Å². The van der Waals surface area contributed by atoms with Gasteiger partial charge in [-0.2, -0.15) is 5.21 Å². The predicted molar refractivity (Wildman–Crippen MR) is 62.6 cm³/mol. The van der Waals surface area contributed by atoms with Crippen molar-refractivity contribution in [2.75, 3.05) is 11.4 Å². The average molecular weight is 245 g/mol. The number of aromatic amines is 1. The largest absolute Gasteiger partial charge is 0.391 e. The van der Waals surface area contributed by atoms with Gasteiger partial charge in [0.05, 0.1) is 19.1 Å². The predicted octanol–water partition coefficient (Wildman–Crippen LogP) is -0.0357. The van der Waals surface area contributed by atoms with Crippen molar-refractivity contribution < 1.29 is 9.90 Å². The molecule has 3 rings (SSSR count). The van der Waals surface area contributed by atoms with Gasteiger partial charge in [-0.05, 0) is 29.5 Å². The van der Waals surface area contributed by atoms with Crippen LogP contribution in [-0.2, 0) is 4.79 Å². The normalized spacial score (nSPS) is 19.5. The van der Waals surface area contributed by atoms with Gasteiger partial charge in [-0.15, -0.1) is 10.2 Å². The van der Waals surface area contributed by atoms with Crippen LogP contribution in [0, 0.1) is 0 Å². The van der Waals surface area contributed by atoms with E-state index in [0.717, 1.165) is 11.3 Å². The number of hydrogen-bond donors (Lipinski definition) is 2. The van der Waals surface area contributed by atoms with Gasteiger partial charge in [0.1, 0.15) is 0 Å². The van der Waals surface area contributed by atoms with Crippen molar-refractivity contribution in [2.45, 2.75) is 12.5 Å². The van der Waals surface area contributed by atoms with Crippen LogP contribution in [0.5, 0.6) is 0 Å². The molecule has 1 aliphatic rings. The molecular formula is C11H11N5O2. The van der Waals surface area contributed by atoms with Crippen molar-refractivity contribution in [1.29, 1.82) is 0 Å². The lowest BCUT2D eigenvalue weighted by Gasteiger charge is -2.15. The fraction of sp³-hybridized carbons (Fsp3) is 0.273. The van der Waals surface area contributed by atoms with E-state index in [1.807, 2.05) is 24.3 Å². The highest BCUT2D eigenvalue weighted by molar-refractivity contribution is 5.96. The molecule has 2 aromatic rings. The van der Waals surface area contributed by atoms with Crippen molar-refractivity contribution in [2.24, 2.45) is 0 Å². The first-order chi connectivity index (χ1) is 8.74. The molecule has 7 nitrogen and oxygen atoms in total. The maximum Gasteiger partial charge on any atom is 0.229 e. The summed E-state index contributed by atoms with van der Waals surface area (Å²) in [5, 5.41) is 23.1. The number of anilines is 1. The number of aliphatic hydroxyl groups excluding tert-OH is 1. The fourth-order valence-electron chi connectivity index (χ4n) is 2.01. The van der Waals surface area contributed by atoms with Gasteiger partial charge >= 0.3 is 0 Å². The number of aromatic nitrogens is 4. The number of aliphatic hydroxyl groups is 1. The number of tetrazole rings is 1. The molecule has 1 aliphatic heterocycles. The van der Waals surface area contributed by atoms with E-state index in [0.29, 0.717) is 12.4 Å². The first-order valence-electron chi connectivity index (χ1n) is 5.56. The Kier molecular flexibility index (Phi) is 2.52. The third kappa shape index (κ3) is 1.84. The lowest BCUT2D eigenvalue weighted by molar-refractivity contribution is -0.117. The van der Waals surface area contributed by atoms with Crippen LogP contribution < -0.4 is 4.90 Å². The standard InChI is InChI=1S/C11H11N5O2/c17-9-5-10(18)16(6-9)8-3-1-7(2-4-8)11-12-14-15-13-11/h1-4,9,17H,5-6H2,(H,12,13,14,15). The lowest BCUT2D eigenvalue weighted by Crippen LogP contribution is -2.25. The number of hydrogen-bond acceptors (Lipinski definition) is 5. The van der Waals surface area contributed by atoms with Crippen LogP contribution in [0.15, 0.2) is 24.3 Å². The van der Waals surface area contributed by atoms with E-state index in [1.165, 1.54) is 0 Å². The molecule has 1 fully saturated rings. The van der Waals surface area contributed by atoms with E-state index in [-0.39, 0.29) is 12.3 Å². The van der Waals surface area contributed by atoms with Gasteiger partial charge < -0.3 is 10.0 Å². The van der Waals surface area contributed by atoms with Crippen LogP contribution in [0.25, 0.3) is 11.4 Å². The first kappa shape index (κ1) is 10.8. The summed E-state index contributed by atoms with van der Waals surface area (Å²) in [4.78, 5) is 13.2. The highest BCUT2D eigenvalue weighted by atomic mass is 16.3. The topological polar surface area (TPSA) is 95.0 Å². The monoisotopic (exact) mass is 245 g/mol. The van der Waals surface area contributed by atoms with E-state index in [2.05, 4.69) is 20.6 Å². The van der Waals surface area contributed by atoms with Crippen LogP contribution >= 0.6 is 0 Å². The van der Waals surface area contributed by atoms with Crippen molar-refractivity contribution in [3.8, 4) is 11.4 Å². The first-order valence-corrected chi connectivity index (χ1v) is 5.56. The molecule has 7 heteroatoms. The molecule has 92 valence electrons. The van der Waals surface area contributed by atoms with Crippen LogP contribution in [0.1, 0.15) is 6.42 Å². The second-order valence-electron chi connectivity index (χ2n) is 4.14. The Morgan fingerprint density at radius 2 is 2.11 bits per heavy atom. The van der Waals surface area contributed by atoms with Gasteiger partial charge in [0.15, 0.2) is 0 Å². The minimum atomic E-state index is -0.575. The van der Waals surface area contributed by atoms with Crippen LogP contribution in [0.2, 0.25) is 0 Å². The van der Waals surface area contributed by atoms with E-state index in [4.69, 9.17) is 0 Å². The molecule has 0 radical (unpaired) electrons. The number of H-pyrrole nitrogens is 1. The maximum atomic E-state index is 11.6. The van der Waals surface area contributed by atoms with Gasteiger partial charge in [-0.3, -0.25) is 4.79 Å². The summed E-state index contributed by atoms with van der Waals surface area (Å²) in [5.74, 6) is 0.448. The molecule has 0 aliphatic carbocycles. The highest BCUT2D eigenvalue weighted by Gasteiger charge is 2.28. The third-order valence-electron chi connectivity index (χ3n) is 2.89. The molecule has 0 spiro atoms. The van der Waals surface area contributed by atoms with Gasteiger partial charge in [-0.25, -0.2) is 0 Å². The average Bonchev–Trinajstić information content (AvgIpc) is 2.99. The molecule has 1 unspecified atom stereocenters. The SMILES string of the molecule is O=C1CC(O)CN1c1ccc(-c2nn[nH]n2)cc1. The summed E-state index contributed by atoms with van der Waals surface area (Å²) in [7, 11) is 0. The van der Waals surface area contributed by atoms with Crippen molar-refractivity contribution in [1.82, 2.24) is 20.6 Å². The molecular weight excluding hydrogens is 234 g/mol. The van der Waals surface area contributed by atoms with E-state index in [9.17, 15) is 9.90 Å². The molecule has 0 bridgehead atoms. The Bertz CT molecular complexity index is 551. The van der Waals surface area contributed by atoms with E-state index in [1.54, 1.807) is 4.90 Å². The maximum absolute atomic E-state index is 11.6. The number of carbonyl (C=O) groups is 1. The van der Waals surface area contributed by atoms with Crippen LogP contribution in [0.4, 0.5) is 5.69 Å². The van der Waals surface area contributed by atoms with Crippen molar-refractivity contribution in [3.63, 3.8) is 0 Å². The minimum absolute atomic E-state index is 0.0604. The highest BCUT2D eigenvalue weighted by Crippen LogP contribution is 2.24. The second-order valence-corrected chi connectivity index (χ2v) is 4.14. The molecule has 1 amide bonds. The molecule has 1 aromatic heterocycles. The molecule has 2 heterocycles. The van der Waals surface area contributed by atoms with E-state index < -0.39 is 6.10 Å². The van der Waals surface area contributed by atoms with Gasteiger partial charge in [0, 0.05) is 11.3 Å². The number of nitrogens with one attached hydrogen (secondary N) is 1. The number of β-amino-alcohol motifs (C(OH)–C–C–N with tert-alkyl or cyclic N) is 1. The van der Waals surface area contributed by atoms with Gasteiger partial charge in [0.25, 0.3) is 0 Å². The molecule has 0 saturated carbocycles. The summed E-state index contributed by atoms with van der Waals surface area (Å²) < 4.78 is 0. The molecule has 18 heavy (non-hydrogen) atoms. The quantitative estimate of drug-likeness (QED) is 0.774. The third-order valence-corrected chi connectivity index (χ3v) is 2.89. The summed E-state index contributed by atoms with van der Waals surface area (Å²) in [5.41, 5.74) is 1.59. The Balaban J connectivity index is 1.85. The smallest absolute Gasteiger partial charge is 0.229 e. The minimum Gasteiger partial charge on any atom is -0.391 e. The van der Waals surface area contributed by atoms with Crippen LogP contribution in [0.3, 0.4) is 0 Å². The number of rotatable bonds is 2. The Labute approximate surface area is 102 Å². The summed E-state index contributed by atoms with van der Waals surface area (Å²) in [6, 6.07) is 7.25. The zero-order chi connectivity index (χ0) is 12.5. The van der Waals surface area contributed by atoms with Crippen molar-refractivity contribution in [3.05, 3.63) is 24.3 Å². The Morgan fingerprint density at radius 1 is 1.33 bits per heavy atom. The van der Waals surface area contributed by atoms with Gasteiger partial charge in [-0.1, -0.05) is 0 Å². The summed E-state index contributed by atoms with van der Waals surface area (Å²) in [6.07, 6.45) is -0.388. The number of nitrogens with zero attached hydrogens (tertiary/aromatic N) is 4. The molecule has 1 atom stereocenters. The number of carbonyl (C=O) groups excluding carboxylic acids is 1. The zero-order valence-electron chi connectivity index (χ0n) is 9.45. The number of benzene rings is 1. The zero-order valence-corrected chi connectivity index (χ0v) is 9.45. The molecule has 2 N–H and O–H groups in total. The second kappa shape index (κ2) is 4.19. The Morgan fingerprint density at radius 3 is 2.67 bits per heavy atom. The fourth-order valence-corrected chi connectivity index (χ4v) is 2.01. The van der Waals surface area contributed by atoms with Crippen LogP contribution in [-0.4, -0.2) is 44.3 Å². The Hall–Kier alpha value is -2.28. The number of amides is 1.